The SMILES string of the molecule is O=C1CCCC(N2Cc3c(cccc3C3CC3)C2=O)C(=O)N1. The highest BCUT2D eigenvalue weighted by Gasteiger charge is 2.40. The second kappa shape index (κ2) is 4.93. The molecule has 2 fully saturated rings. The summed E-state index contributed by atoms with van der Waals surface area (Å²) in [7, 11) is 0. The molecular weight excluding hydrogens is 280 g/mol. The van der Waals surface area contributed by atoms with Gasteiger partial charge in [0.1, 0.15) is 6.04 Å². The van der Waals surface area contributed by atoms with E-state index < -0.39 is 6.04 Å². The zero-order chi connectivity index (χ0) is 15.3. The molecule has 3 amide bonds. The minimum Gasteiger partial charge on any atom is -0.322 e. The number of hydrogen-bond acceptors (Lipinski definition) is 3. The van der Waals surface area contributed by atoms with Crippen molar-refractivity contribution in [1.82, 2.24) is 10.2 Å². The molecule has 4 rings (SSSR count). The summed E-state index contributed by atoms with van der Waals surface area (Å²) in [6.07, 6.45) is 3.91. The maximum atomic E-state index is 12.7. The van der Waals surface area contributed by atoms with Crippen LogP contribution in [0.5, 0.6) is 0 Å². The van der Waals surface area contributed by atoms with Crippen LogP contribution in [0, 0.1) is 0 Å². The predicted octanol–water partition coefficient (Wildman–Crippen LogP) is 1.72. The van der Waals surface area contributed by atoms with Crippen molar-refractivity contribution in [3.05, 3.63) is 34.9 Å². The van der Waals surface area contributed by atoms with Crippen molar-refractivity contribution in [2.75, 3.05) is 0 Å². The molecule has 1 aromatic rings. The molecule has 1 N–H and O–H groups in total. The summed E-state index contributed by atoms with van der Waals surface area (Å²) in [4.78, 5) is 38.0. The van der Waals surface area contributed by atoms with Crippen LogP contribution in [-0.2, 0) is 16.1 Å². The summed E-state index contributed by atoms with van der Waals surface area (Å²) in [5.74, 6) is -0.0776. The Hall–Kier alpha value is -2.17. The maximum Gasteiger partial charge on any atom is 0.255 e. The molecule has 2 aliphatic heterocycles. The first-order valence-electron chi connectivity index (χ1n) is 7.91. The molecule has 3 aliphatic rings. The lowest BCUT2D eigenvalue weighted by atomic mass is 10.00. The Balaban J connectivity index is 1.65. The van der Waals surface area contributed by atoms with Crippen molar-refractivity contribution >= 4 is 17.7 Å². The van der Waals surface area contributed by atoms with E-state index in [1.165, 1.54) is 18.4 Å². The highest BCUT2D eigenvalue weighted by Crippen LogP contribution is 2.44. The first-order chi connectivity index (χ1) is 10.6. The molecule has 1 aliphatic carbocycles. The van der Waals surface area contributed by atoms with Gasteiger partial charge in [-0.1, -0.05) is 12.1 Å². The van der Waals surface area contributed by atoms with Gasteiger partial charge in [-0.2, -0.15) is 0 Å². The van der Waals surface area contributed by atoms with Crippen LogP contribution in [0.15, 0.2) is 18.2 Å². The van der Waals surface area contributed by atoms with Crippen LogP contribution < -0.4 is 5.32 Å². The van der Waals surface area contributed by atoms with E-state index in [0.717, 1.165) is 11.1 Å². The molecule has 0 aromatic heterocycles. The van der Waals surface area contributed by atoms with Gasteiger partial charge in [0.25, 0.3) is 5.91 Å². The van der Waals surface area contributed by atoms with Gasteiger partial charge in [0.15, 0.2) is 0 Å². The van der Waals surface area contributed by atoms with Crippen LogP contribution in [0.2, 0.25) is 0 Å². The molecule has 5 heteroatoms. The van der Waals surface area contributed by atoms with Gasteiger partial charge in [-0.05, 0) is 48.8 Å². The second-order valence-corrected chi connectivity index (χ2v) is 6.40. The largest absolute Gasteiger partial charge is 0.322 e. The lowest BCUT2D eigenvalue weighted by Gasteiger charge is -2.24. The fraction of sp³-hybridized carbons (Fsp3) is 0.471. The first-order valence-corrected chi connectivity index (χ1v) is 7.91. The Morgan fingerprint density at radius 3 is 2.68 bits per heavy atom. The zero-order valence-electron chi connectivity index (χ0n) is 12.3. The number of amides is 3. The average molecular weight is 298 g/mol. The third-order valence-electron chi connectivity index (χ3n) is 4.87. The van der Waals surface area contributed by atoms with E-state index in [0.29, 0.717) is 31.7 Å². The summed E-state index contributed by atoms with van der Waals surface area (Å²) in [5.41, 5.74) is 3.07. The van der Waals surface area contributed by atoms with E-state index in [1.54, 1.807) is 4.90 Å². The highest BCUT2D eigenvalue weighted by atomic mass is 16.2. The molecule has 1 aromatic carbocycles. The number of benzene rings is 1. The summed E-state index contributed by atoms with van der Waals surface area (Å²) in [6, 6.07) is 5.36. The molecule has 1 atom stereocenters. The molecule has 5 nitrogen and oxygen atoms in total. The number of rotatable bonds is 2. The number of fused-ring (bicyclic) bond motifs is 1. The van der Waals surface area contributed by atoms with E-state index in [4.69, 9.17) is 0 Å². The lowest BCUT2D eigenvalue weighted by Crippen LogP contribution is -2.46. The average Bonchev–Trinajstić information content (AvgIpc) is 3.29. The van der Waals surface area contributed by atoms with E-state index >= 15 is 0 Å². The maximum absolute atomic E-state index is 12.7. The molecular formula is C17H18N2O3. The molecule has 1 unspecified atom stereocenters. The quantitative estimate of drug-likeness (QED) is 0.845. The van der Waals surface area contributed by atoms with Crippen LogP contribution in [0.3, 0.4) is 0 Å². The highest BCUT2D eigenvalue weighted by molar-refractivity contribution is 6.04. The second-order valence-electron chi connectivity index (χ2n) is 6.40. The Kier molecular flexibility index (Phi) is 3.03. The number of nitrogens with zero attached hydrogens (tertiary/aromatic N) is 1. The van der Waals surface area contributed by atoms with Gasteiger partial charge in [-0.15, -0.1) is 0 Å². The molecule has 0 radical (unpaired) electrons. The fourth-order valence-corrected chi connectivity index (χ4v) is 3.57. The topological polar surface area (TPSA) is 66.5 Å². The van der Waals surface area contributed by atoms with Crippen LogP contribution in [-0.4, -0.2) is 28.7 Å². The Morgan fingerprint density at radius 1 is 1.09 bits per heavy atom. The third kappa shape index (κ3) is 2.12. The van der Waals surface area contributed by atoms with Crippen LogP contribution >= 0.6 is 0 Å². The number of carbonyl (C=O) groups is 3. The predicted molar refractivity (Wildman–Crippen MR) is 79.1 cm³/mol. The number of imide groups is 1. The molecule has 0 bridgehead atoms. The van der Waals surface area contributed by atoms with Crippen molar-refractivity contribution in [3.63, 3.8) is 0 Å². The summed E-state index contributed by atoms with van der Waals surface area (Å²) in [5, 5.41) is 2.39. The standard InChI is InChI=1S/C17H18N2O3/c20-15-6-2-5-14(16(21)18-15)19-9-13-11(10-7-8-10)3-1-4-12(13)17(19)22/h1,3-4,10,14H,2,5-9H2,(H,18,20,21). The summed E-state index contributed by atoms with van der Waals surface area (Å²) in [6.45, 7) is 0.493. The minimum absolute atomic E-state index is 0.0769. The monoisotopic (exact) mass is 298 g/mol. The van der Waals surface area contributed by atoms with Gasteiger partial charge in [-0.3, -0.25) is 19.7 Å². The Labute approximate surface area is 128 Å². The van der Waals surface area contributed by atoms with Gasteiger partial charge >= 0.3 is 0 Å². The summed E-state index contributed by atoms with van der Waals surface area (Å²) < 4.78 is 0. The van der Waals surface area contributed by atoms with E-state index in [1.807, 2.05) is 12.1 Å². The van der Waals surface area contributed by atoms with E-state index in [2.05, 4.69) is 11.4 Å². The lowest BCUT2D eigenvalue weighted by molar-refractivity contribution is -0.132. The van der Waals surface area contributed by atoms with Gasteiger partial charge in [0, 0.05) is 18.5 Å². The molecule has 22 heavy (non-hydrogen) atoms. The first kappa shape index (κ1) is 13.5. The molecule has 1 saturated heterocycles. The zero-order valence-corrected chi connectivity index (χ0v) is 12.3. The van der Waals surface area contributed by atoms with Crippen molar-refractivity contribution in [2.45, 2.75) is 50.6 Å². The van der Waals surface area contributed by atoms with E-state index in [-0.39, 0.29) is 17.7 Å². The minimum atomic E-state index is -0.529. The Morgan fingerprint density at radius 2 is 1.91 bits per heavy atom. The van der Waals surface area contributed by atoms with Gasteiger partial charge in [0.05, 0.1) is 0 Å². The third-order valence-corrected chi connectivity index (χ3v) is 4.87. The molecule has 0 spiro atoms. The number of carbonyl (C=O) groups excluding carboxylic acids is 3. The van der Waals surface area contributed by atoms with Crippen LogP contribution in [0.1, 0.15) is 59.5 Å². The van der Waals surface area contributed by atoms with Gasteiger partial charge in [0.2, 0.25) is 11.8 Å². The smallest absolute Gasteiger partial charge is 0.255 e. The van der Waals surface area contributed by atoms with Crippen molar-refractivity contribution in [3.8, 4) is 0 Å². The Bertz CT molecular complexity index is 678. The number of hydrogen-bond donors (Lipinski definition) is 1. The molecule has 1 saturated carbocycles. The van der Waals surface area contributed by atoms with Crippen LogP contribution in [0.4, 0.5) is 0 Å². The molecule has 114 valence electrons. The van der Waals surface area contributed by atoms with Gasteiger partial charge < -0.3 is 4.90 Å². The normalized spacial score (nSPS) is 25.0. The molecule has 2 heterocycles. The van der Waals surface area contributed by atoms with Crippen molar-refractivity contribution in [2.24, 2.45) is 0 Å². The van der Waals surface area contributed by atoms with Gasteiger partial charge in [-0.25, -0.2) is 0 Å². The summed E-state index contributed by atoms with van der Waals surface area (Å²) >= 11 is 0. The van der Waals surface area contributed by atoms with Crippen molar-refractivity contribution in [1.29, 1.82) is 0 Å². The number of nitrogens with one attached hydrogen (secondary N) is 1. The van der Waals surface area contributed by atoms with Crippen LogP contribution in [0.25, 0.3) is 0 Å². The van der Waals surface area contributed by atoms with E-state index in [9.17, 15) is 14.4 Å². The van der Waals surface area contributed by atoms with Crippen molar-refractivity contribution < 1.29 is 14.4 Å². The fourth-order valence-electron chi connectivity index (χ4n) is 3.57.